The van der Waals surface area contributed by atoms with Gasteiger partial charge in [0.1, 0.15) is 11.5 Å². The minimum atomic E-state index is -0.561. The lowest BCUT2D eigenvalue weighted by Crippen LogP contribution is -2.38. The van der Waals surface area contributed by atoms with Gasteiger partial charge in [0.25, 0.3) is 5.91 Å². The molecule has 1 aromatic heterocycles. The van der Waals surface area contributed by atoms with Gasteiger partial charge in [-0.3, -0.25) is 10.1 Å². The second-order valence-electron chi connectivity index (χ2n) is 5.91. The van der Waals surface area contributed by atoms with E-state index in [4.69, 9.17) is 16.3 Å². The van der Waals surface area contributed by atoms with Crippen molar-refractivity contribution in [2.75, 3.05) is 11.9 Å². The predicted molar refractivity (Wildman–Crippen MR) is 110 cm³/mol. The molecule has 140 valence electrons. The molecule has 0 radical (unpaired) electrons. The Morgan fingerprint density at radius 3 is 2.52 bits per heavy atom. The summed E-state index contributed by atoms with van der Waals surface area (Å²) >= 11 is 7.70. The van der Waals surface area contributed by atoms with Gasteiger partial charge in [-0.15, -0.1) is 11.3 Å². The molecule has 0 spiro atoms. The third-order valence-electron chi connectivity index (χ3n) is 4.00. The van der Waals surface area contributed by atoms with E-state index < -0.39 is 6.09 Å². The highest BCUT2D eigenvalue weighted by Gasteiger charge is 2.20. The fourth-order valence-electron chi connectivity index (χ4n) is 2.52. The molecule has 0 aliphatic carbocycles. The molecule has 3 aromatic rings. The van der Waals surface area contributed by atoms with E-state index in [1.54, 1.807) is 12.1 Å². The van der Waals surface area contributed by atoms with Crippen LogP contribution >= 0.6 is 22.9 Å². The molecular formula is C20H19ClN2O3S. The van der Waals surface area contributed by atoms with Crippen LogP contribution in [0.2, 0.25) is 5.02 Å². The minimum Gasteiger partial charge on any atom is -0.447 e. The fourth-order valence-corrected chi connectivity index (χ4v) is 3.94. The molecule has 1 unspecified atom stereocenters. The molecule has 0 saturated carbocycles. The number of hydrogen-bond acceptors (Lipinski definition) is 4. The summed E-state index contributed by atoms with van der Waals surface area (Å²) in [6, 6.07) is 16.3. The Balaban J connectivity index is 1.58. The monoisotopic (exact) mass is 402 g/mol. The molecule has 0 fully saturated rings. The molecule has 5 nitrogen and oxygen atoms in total. The zero-order valence-corrected chi connectivity index (χ0v) is 16.3. The first-order chi connectivity index (χ1) is 13.1. The lowest BCUT2D eigenvalue weighted by molar-refractivity contribution is 0.0904. The van der Waals surface area contributed by atoms with E-state index in [1.807, 2.05) is 49.4 Å². The van der Waals surface area contributed by atoms with Crippen LogP contribution in [0.15, 0.2) is 54.6 Å². The number of anilines is 1. The fraction of sp³-hybridized carbons (Fsp3) is 0.200. The molecule has 2 amide bonds. The third-order valence-corrected chi connectivity index (χ3v) is 5.68. The topological polar surface area (TPSA) is 67.4 Å². The number of carbonyl (C=O) groups is 2. The van der Waals surface area contributed by atoms with E-state index in [-0.39, 0.29) is 18.6 Å². The SMILES string of the molecule is CCC(COC(=O)Nc1ccccc1)NC(=O)c1sc2ccccc2c1Cl. The zero-order valence-electron chi connectivity index (χ0n) is 14.7. The molecule has 3 rings (SSSR count). The third kappa shape index (κ3) is 4.78. The Bertz CT molecular complexity index is 943. The van der Waals surface area contributed by atoms with Crippen LogP contribution in [-0.4, -0.2) is 24.6 Å². The number of rotatable bonds is 6. The van der Waals surface area contributed by atoms with Crippen LogP contribution < -0.4 is 10.6 Å². The highest BCUT2D eigenvalue weighted by molar-refractivity contribution is 7.21. The average molecular weight is 403 g/mol. The molecule has 1 atom stereocenters. The molecule has 0 aliphatic heterocycles. The molecule has 1 heterocycles. The number of hydrogen-bond donors (Lipinski definition) is 2. The molecular weight excluding hydrogens is 384 g/mol. The summed E-state index contributed by atoms with van der Waals surface area (Å²) in [6.45, 7) is 1.99. The Labute approximate surface area is 166 Å². The maximum Gasteiger partial charge on any atom is 0.411 e. The van der Waals surface area contributed by atoms with E-state index in [9.17, 15) is 9.59 Å². The van der Waals surface area contributed by atoms with Crippen LogP contribution in [0.3, 0.4) is 0 Å². The number of ether oxygens (including phenoxy) is 1. The number of fused-ring (bicyclic) bond motifs is 1. The summed E-state index contributed by atoms with van der Waals surface area (Å²) in [5.74, 6) is -0.264. The van der Waals surface area contributed by atoms with Gasteiger partial charge in [-0.1, -0.05) is 54.9 Å². The highest BCUT2D eigenvalue weighted by atomic mass is 35.5. The van der Waals surface area contributed by atoms with Crippen LogP contribution in [-0.2, 0) is 4.74 Å². The van der Waals surface area contributed by atoms with Gasteiger partial charge in [0.15, 0.2) is 0 Å². The van der Waals surface area contributed by atoms with Crippen LogP contribution in [0.1, 0.15) is 23.0 Å². The van der Waals surface area contributed by atoms with Crippen molar-refractivity contribution in [3.63, 3.8) is 0 Å². The zero-order chi connectivity index (χ0) is 19.2. The van der Waals surface area contributed by atoms with Gasteiger partial charge < -0.3 is 10.1 Å². The van der Waals surface area contributed by atoms with E-state index in [0.717, 1.165) is 10.1 Å². The van der Waals surface area contributed by atoms with E-state index >= 15 is 0 Å². The summed E-state index contributed by atoms with van der Waals surface area (Å²) in [5, 5.41) is 6.84. The smallest absolute Gasteiger partial charge is 0.411 e. The quantitative estimate of drug-likeness (QED) is 0.587. The van der Waals surface area contributed by atoms with Crippen LogP contribution in [0.5, 0.6) is 0 Å². The van der Waals surface area contributed by atoms with Gasteiger partial charge in [0, 0.05) is 15.8 Å². The van der Waals surface area contributed by atoms with Crippen molar-refractivity contribution in [2.24, 2.45) is 0 Å². The number of carbonyl (C=O) groups excluding carboxylic acids is 2. The van der Waals surface area contributed by atoms with Crippen molar-refractivity contribution >= 4 is 50.7 Å². The molecule has 0 saturated heterocycles. The number of nitrogens with one attached hydrogen (secondary N) is 2. The molecule has 27 heavy (non-hydrogen) atoms. The van der Waals surface area contributed by atoms with Crippen molar-refractivity contribution in [1.82, 2.24) is 5.32 Å². The van der Waals surface area contributed by atoms with Gasteiger partial charge in [-0.05, 0) is 24.6 Å². The molecule has 0 bridgehead atoms. The number of amides is 2. The van der Waals surface area contributed by atoms with E-state index in [2.05, 4.69) is 10.6 Å². The summed E-state index contributed by atoms with van der Waals surface area (Å²) in [5.41, 5.74) is 0.650. The van der Waals surface area contributed by atoms with Gasteiger partial charge in [0.2, 0.25) is 0 Å². The van der Waals surface area contributed by atoms with Crippen LogP contribution in [0.25, 0.3) is 10.1 Å². The summed E-state index contributed by atoms with van der Waals surface area (Å²) < 4.78 is 6.19. The van der Waals surface area contributed by atoms with Crippen molar-refractivity contribution in [2.45, 2.75) is 19.4 Å². The number of benzene rings is 2. The first-order valence-electron chi connectivity index (χ1n) is 8.55. The van der Waals surface area contributed by atoms with Gasteiger partial charge in [-0.25, -0.2) is 4.79 Å². The van der Waals surface area contributed by atoms with E-state index in [0.29, 0.717) is 22.0 Å². The first-order valence-corrected chi connectivity index (χ1v) is 9.74. The second-order valence-corrected chi connectivity index (χ2v) is 7.34. The largest absolute Gasteiger partial charge is 0.447 e. The maximum absolute atomic E-state index is 12.6. The Morgan fingerprint density at radius 2 is 1.81 bits per heavy atom. The maximum atomic E-state index is 12.6. The predicted octanol–water partition coefficient (Wildman–Crippen LogP) is 5.31. The average Bonchev–Trinajstić information content (AvgIpc) is 3.03. The van der Waals surface area contributed by atoms with Crippen LogP contribution in [0, 0.1) is 0 Å². The molecule has 2 N–H and O–H groups in total. The van der Waals surface area contributed by atoms with Crippen molar-refractivity contribution in [3.05, 3.63) is 64.5 Å². The van der Waals surface area contributed by atoms with Gasteiger partial charge in [0.05, 0.1) is 11.1 Å². The first kappa shape index (κ1) is 19.2. The molecule has 7 heteroatoms. The van der Waals surface area contributed by atoms with Gasteiger partial charge >= 0.3 is 6.09 Å². The number of thiophene rings is 1. The standard InChI is InChI=1S/C20H19ClN2O3S/c1-2-13(12-26-20(25)23-14-8-4-3-5-9-14)22-19(24)18-17(21)15-10-6-7-11-16(15)27-18/h3-11,13H,2,12H2,1H3,(H,22,24)(H,23,25). The lowest BCUT2D eigenvalue weighted by Gasteiger charge is -2.17. The minimum absolute atomic E-state index is 0.0728. The summed E-state index contributed by atoms with van der Waals surface area (Å²) in [7, 11) is 0. The second kappa shape index (κ2) is 8.88. The number of para-hydroxylation sites is 1. The lowest BCUT2D eigenvalue weighted by atomic mass is 10.2. The summed E-state index contributed by atoms with van der Waals surface area (Å²) in [4.78, 5) is 25.0. The normalized spacial score (nSPS) is 11.8. The van der Waals surface area contributed by atoms with Crippen molar-refractivity contribution in [3.8, 4) is 0 Å². The van der Waals surface area contributed by atoms with Crippen molar-refractivity contribution < 1.29 is 14.3 Å². The Kier molecular flexibility index (Phi) is 6.32. The highest BCUT2D eigenvalue weighted by Crippen LogP contribution is 2.35. The summed E-state index contributed by atoms with van der Waals surface area (Å²) in [6.07, 6.45) is 0.0566. The Hall–Kier alpha value is -2.57. The molecule has 2 aromatic carbocycles. The van der Waals surface area contributed by atoms with Crippen LogP contribution in [0.4, 0.5) is 10.5 Å². The number of halogens is 1. The molecule has 0 aliphatic rings. The van der Waals surface area contributed by atoms with E-state index in [1.165, 1.54) is 11.3 Å². The Morgan fingerprint density at radius 1 is 1.11 bits per heavy atom. The van der Waals surface area contributed by atoms with Crippen molar-refractivity contribution in [1.29, 1.82) is 0 Å². The van der Waals surface area contributed by atoms with Gasteiger partial charge in [-0.2, -0.15) is 0 Å².